The number of amides is 2. The van der Waals surface area contributed by atoms with Gasteiger partial charge in [-0.15, -0.1) is 0 Å². The van der Waals surface area contributed by atoms with Crippen LogP contribution in [0.5, 0.6) is 0 Å². The van der Waals surface area contributed by atoms with Gasteiger partial charge in [-0.3, -0.25) is 14.4 Å². The Kier molecular flexibility index (Phi) is 8.04. The third-order valence-corrected chi connectivity index (χ3v) is 4.39. The van der Waals surface area contributed by atoms with Gasteiger partial charge in [0.25, 0.3) is 11.8 Å². The van der Waals surface area contributed by atoms with Crippen LogP contribution in [0, 0.1) is 13.8 Å². The number of carbonyl (C=O) groups is 3. The standard InChI is InChI=1S/C21H28N2O4/c1-15-10-16(2)12-18(11-15)21(26)23-13-20(25)27-14-19(24)22-9-8-17-6-4-3-5-7-17/h6,10-12H,3-5,7-9,13-14H2,1-2H3,(H,22,24)(H,23,26). The van der Waals surface area contributed by atoms with Gasteiger partial charge in [-0.2, -0.15) is 0 Å². The maximum atomic E-state index is 12.1. The average molecular weight is 372 g/mol. The molecule has 0 unspecified atom stereocenters. The lowest BCUT2D eigenvalue weighted by molar-refractivity contribution is -0.147. The summed E-state index contributed by atoms with van der Waals surface area (Å²) in [6, 6.07) is 5.47. The van der Waals surface area contributed by atoms with Crippen LogP contribution in [0.1, 0.15) is 53.6 Å². The van der Waals surface area contributed by atoms with Crippen LogP contribution in [0.3, 0.4) is 0 Å². The largest absolute Gasteiger partial charge is 0.454 e. The van der Waals surface area contributed by atoms with Crippen molar-refractivity contribution >= 4 is 17.8 Å². The molecule has 2 amide bonds. The Morgan fingerprint density at radius 1 is 1.04 bits per heavy atom. The second-order valence-corrected chi connectivity index (χ2v) is 6.93. The third-order valence-electron chi connectivity index (χ3n) is 4.39. The lowest BCUT2D eigenvalue weighted by atomic mass is 9.97. The second-order valence-electron chi connectivity index (χ2n) is 6.93. The molecule has 0 saturated heterocycles. The van der Waals surface area contributed by atoms with Crippen molar-refractivity contribution in [1.29, 1.82) is 0 Å². The van der Waals surface area contributed by atoms with E-state index in [4.69, 9.17) is 4.74 Å². The molecule has 0 aromatic heterocycles. The Morgan fingerprint density at radius 2 is 1.78 bits per heavy atom. The highest BCUT2D eigenvalue weighted by Gasteiger charge is 2.11. The van der Waals surface area contributed by atoms with Gasteiger partial charge in [0.15, 0.2) is 6.61 Å². The molecule has 2 N–H and O–H groups in total. The highest BCUT2D eigenvalue weighted by Crippen LogP contribution is 2.19. The van der Waals surface area contributed by atoms with Crippen molar-refractivity contribution in [2.24, 2.45) is 0 Å². The minimum atomic E-state index is -0.641. The minimum Gasteiger partial charge on any atom is -0.454 e. The zero-order valence-electron chi connectivity index (χ0n) is 16.1. The smallest absolute Gasteiger partial charge is 0.325 e. The van der Waals surface area contributed by atoms with Crippen molar-refractivity contribution < 1.29 is 19.1 Å². The molecular weight excluding hydrogens is 344 g/mol. The zero-order valence-corrected chi connectivity index (χ0v) is 16.1. The van der Waals surface area contributed by atoms with Gasteiger partial charge in [0.05, 0.1) is 0 Å². The molecular formula is C21H28N2O4. The summed E-state index contributed by atoms with van der Waals surface area (Å²) < 4.78 is 4.90. The lowest BCUT2D eigenvalue weighted by Gasteiger charge is -2.13. The monoisotopic (exact) mass is 372 g/mol. The predicted octanol–water partition coefficient (Wildman–Crippen LogP) is 2.58. The molecule has 0 spiro atoms. The van der Waals surface area contributed by atoms with Crippen LogP contribution in [-0.2, 0) is 14.3 Å². The van der Waals surface area contributed by atoms with E-state index in [0.29, 0.717) is 12.1 Å². The molecule has 2 rings (SSSR count). The van der Waals surface area contributed by atoms with E-state index in [0.717, 1.165) is 30.4 Å². The van der Waals surface area contributed by atoms with E-state index in [-0.39, 0.29) is 25.0 Å². The summed E-state index contributed by atoms with van der Waals surface area (Å²) in [6.07, 6.45) is 7.76. The molecule has 0 aliphatic heterocycles. The topological polar surface area (TPSA) is 84.5 Å². The van der Waals surface area contributed by atoms with E-state index in [2.05, 4.69) is 16.7 Å². The number of aryl methyl sites for hydroxylation is 2. The number of hydrogen-bond donors (Lipinski definition) is 2. The molecule has 0 saturated carbocycles. The van der Waals surface area contributed by atoms with Gasteiger partial charge in [-0.1, -0.05) is 28.8 Å². The lowest BCUT2D eigenvalue weighted by Crippen LogP contribution is -2.34. The van der Waals surface area contributed by atoms with E-state index in [1.807, 2.05) is 19.9 Å². The highest BCUT2D eigenvalue weighted by molar-refractivity contribution is 5.96. The summed E-state index contributed by atoms with van der Waals surface area (Å²) >= 11 is 0. The van der Waals surface area contributed by atoms with E-state index < -0.39 is 5.97 Å². The second kappa shape index (κ2) is 10.5. The van der Waals surface area contributed by atoms with Crippen molar-refractivity contribution in [2.45, 2.75) is 46.0 Å². The molecule has 0 atom stereocenters. The fraction of sp³-hybridized carbons (Fsp3) is 0.476. The molecule has 1 aliphatic rings. The van der Waals surface area contributed by atoms with E-state index in [1.54, 1.807) is 12.1 Å². The molecule has 6 heteroatoms. The van der Waals surface area contributed by atoms with Crippen molar-refractivity contribution in [2.75, 3.05) is 19.7 Å². The molecule has 146 valence electrons. The first-order chi connectivity index (χ1) is 12.9. The van der Waals surface area contributed by atoms with E-state index >= 15 is 0 Å². The minimum absolute atomic E-state index is 0.272. The van der Waals surface area contributed by atoms with Gasteiger partial charge in [-0.25, -0.2) is 0 Å². The summed E-state index contributed by atoms with van der Waals surface area (Å²) in [7, 11) is 0. The summed E-state index contributed by atoms with van der Waals surface area (Å²) in [4.78, 5) is 35.5. The highest BCUT2D eigenvalue weighted by atomic mass is 16.5. The fourth-order valence-corrected chi connectivity index (χ4v) is 3.10. The van der Waals surface area contributed by atoms with Crippen LogP contribution in [-0.4, -0.2) is 37.5 Å². The molecule has 0 radical (unpaired) electrons. The third kappa shape index (κ3) is 7.64. The van der Waals surface area contributed by atoms with Gasteiger partial charge in [-0.05, 0) is 58.1 Å². The van der Waals surface area contributed by atoms with Gasteiger partial charge < -0.3 is 15.4 Å². The molecule has 0 heterocycles. The van der Waals surface area contributed by atoms with Crippen LogP contribution in [0.25, 0.3) is 0 Å². The van der Waals surface area contributed by atoms with Crippen LogP contribution in [0.15, 0.2) is 29.8 Å². The fourth-order valence-electron chi connectivity index (χ4n) is 3.10. The predicted molar refractivity (Wildman–Crippen MR) is 103 cm³/mol. The number of esters is 1. The molecule has 1 aromatic rings. The summed E-state index contributed by atoms with van der Waals surface area (Å²) in [6.45, 7) is 3.75. The maximum absolute atomic E-state index is 12.1. The first-order valence-corrected chi connectivity index (χ1v) is 9.41. The Balaban J connectivity index is 1.62. The number of benzene rings is 1. The van der Waals surface area contributed by atoms with Crippen molar-refractivity contribution in [3.05, 3.63) is 46.5 Å². The number of nitrogens with one attached hydrogen (secondary N) is 2. The first kappa shape index (κ1) is 20.7. The first-order valence-electron chi connectivity index (χ1n) is 9.41. The number of carbonyl (C=O) groups excluding carboxylic acids is 3. The molecule has 6 nitrogen and oxygen atoms in total. The van der Waals surface area contributed by atoms with E-state index in [9.17, 15) is 14.4 Å². The Morgan fingerprint density at radius 3 is 2.44 bits per heavy atom. The number of hydrogen-bond acceptors (Lipinski definition) is 4. The Bertz CT molecular complexity index is 705. The van der Waals surface area contributed by atoms with Crippen LogP contribution < -0.4 is 10.6 Å². The molecule has 1 aliphatic carbocycles. The van der Waals surface area contributed by atoms with Gasteiger partial charge >= 0.3 is 5.97 Å². The Hall–Kier alpha value is -2.63. The summed E-state index contributed by atoms with van der Waals surface area (Å²) in [5.41, 5.74) is 3.83. The Labute approximate surface area is 160 Å². The van der Waals surface area contributed by atoms with Gasteiger partial charge in [0, 0.05) is 12.1 Å². The molecule has 0 fully saturated rings. The van der Waals surface area contributed by atoms with Gasteiger partial charge in [0.1, 0.15) is 6.54 Å². The van der Waals surface area contributed by atoms with Crippen LogP contribution in [0.2, 0.25) is 0 Å². The summed E-state index contributed by atoms with van der Waals surface area (Å²) in [5.74, 6) is -1.32. The molecule has 27 heavy (non-hydrogen) atoms. The van der Waals surface area contributed by atoms with Crippen LogP contribution >= 0.6 is 0 Å². The molecule has 0 bridgehead atoms. The van der Waals surface area contributed by atoms with E-state index in [1.165, 1.54) is 18.4 Å². The SMILES string of the molecule is Cc1cc(C)cc(C(=O)NCC(=O)OCC(=O)NCCC2=CCCCC2)c1. The quantitative estimate of drug-likeness (QED) is 0.543. The van der Waals surface area contributed by atoms with Crippen molar-refractivity contribution in [3.8, 4) is 0 Å². The van der Waals surface area contributed by atoms with Crippen LogP contribution in [0.4, 0.5) is 0 Å². The number of ether oxygens (including phenoxy) is 1. The normalized spacial score (nSPS) is 13.5. The molecule has 1 aromatic carbocycles. The summed E-state index contributed by atoms with van der Waals surface area (Å²) in [5, 5.41) is 5.25. The zero-order chi connectivity index (χ0) is 19.6. The average Bonchev–Trinajstić information content (AvgIpc) is 2.64. The number of rotatable bonds is 8. The van der Waals surface area contributed by atoms with Crippen molar-refractivity contribution in [1.82, 2.24) is 10.6 Å². The maximum Gasteiger partial charge on any atom is 0.325 e. The number of allylic oxidation sites excluding steroid dienone is 1. The van der Waals surface area contributed by atoms with Crippen molar-refractivity contribution in [3.63, 3.8) is 0 Å². The van der Waals surface area contributed by atoms with Gasteiger partial charge in [0.2, 0.25) is 0 Å².